The van der Waals surface area contributed by atoms with E-state index in [9.17, 15) is 22.8 Å². The lowest BCUT2D eigenvalue weighted by Crippen LogP contribution is -2.55. The number of nitrogens with zero attached hydrogens (tertiary/aromatic N) is 3. The molecule has 3 heterocycles. The Morgan fingerprint density at radius 1 is 1.22 bits per heavy atom. The maximum atomic E-state index is 12.5. The number of aliphatic carboxylic acids is 1. The number of piperidine rings is 1. The van der Waals surface area contributed by atoms with E-state index >= 15 is 0 Å². The summed E-state index contributed by atoms with van der Waals surface area (Å²) in [6.45, 7) is 1.56. The van der Waals surface area contributed by atoms with Crippen molar-refractivity contribution in [2.45, 2.75) is 69.0 Å². The summed E-state index contributed by atoms with van der Waals surface area (Å²) in [5, 5.41) is 10.3. The smallest absolute Gasteiger partial charge is 0.475 e. The number of carbonyl (C=O) groups is 3. The monoisotopic (exact) mass is 461 g/mol. The molecule has 0 bridgehead atoms. The molecule has 1 atom stereocenters. The number of nitrogens with two attached hydrogens (primary N) is 1. The van der Waals surface area contributed by atoms with Gasteiger partial charge in [0, 0.05) is 44.4 Å². The Morgan fingerprint density at radius 2 is 1.81 bits per heavy atom. The maximum absolute atomic E-state index is 12.5. The summed E-state index contributed by atoms with van der Waals surface area (Å²) in [7, 11) is 0. The zero-order valence-electron chi connectivity index (χ0n) is 17.3. The fourth-order valence-electron chi connectivity index (χ4n) is 4.29. The zero-order valence-corrected chi connectivity index (χ0v) is 17.3. The summed E-state index contributed by atoms with van der Waals surface area (Å²) in [6, 6.07) is 0.319. The van der Waals surface area contributed by atoms with E-state index in [1.54, 1.807) is 6.20 Å². The Balaban J connectivity index is 0.000000360. The van der Waals surface area contributed by atoms with Gasteiger partial charge >= 0.3 is 18.2 Å². The molecule has 4 rings (SSSR count). The first-order valence-electron chi connectivity index (χ1n) is 10.4. The number of aromatic nitrogens is 2. The van der Waals surface area contributed by atoms with Crippen molar-refractivity contribution in [1.82, 2.24) is 19.8 Å². The molecule has 1 unspecified atom stereocenters. The number of amides is 3. The van der Waals surface area contributed by atoms with Crippen LogP contribution in [-0.4, -0.2) is 68.9 Å². The zero-order chi connectivity index (χ0) is 23.5. The number of halogens is 3. The van der Waals surface area contributed by atoms with E-state index in [1.807, 2.05) is 15.7 Å². The second-order valence-corrected chi connectivity index (χ2v) is 8.13. The first kappa shape index (κ1) is 23.8. The van der Waals surface area contributed by atoms with Crippen LogP contribution in [0.15, 0.2) is 12.4 Å². The second kappa shape index (κ2) is 9.35. The number of hydrogen-bond donors (Lipinski definition) is 3. The molecule has 1 saturated carbocycles. The van der Waals surface area contributed by atoms with Gasteiger partial charge in [-0.2, -0.15) is 13.2 Å². The van der Waals surface area contributed by atoms with E-state index in [0.29, 0.717) is 38.5 Å². The van der Waals surface area contributed by atoms with Crippen LogP contribution in [0, 0.1) is 0 Å². The molecule has 2 fully saturated rings. The molecule has 3 amide bonds. The minimum Gasteiger partial charge on any atom is -0.475 e. The number of primary amides is 1. The highest BCUT2D eigenvalue weighted by Gasteiger charge is 2.47. The standard InChI is InChI=1S/C17H25N5O3.C2HF3O2/c18-14(23)13-11-22-10-7-19-15(22)17(25-13)5-8-21(9-6-17)16(24)20-12-3-1-2-4-12;3-2(4,5)1(6)7/h7,10,12-13H,1-6,8-9,11H2,(H2,18,23)(H,20,24);(H,6,7). The SMILES string of the molecule is NC(=O)C1Cn2ccnc2C2(CCN(C(=O)NC3CCCC3)CC2)O1.O=C(O)C(F)(F)F. The summed E-state index contributed by atoms with van der Waals surface area (Å²) in [4.78, 5) is 39.3. The number of alkyl halides is 3. The molecule has 3 aliphatic rings. The number of nitrogens with one attached hydrogen (secondary N) is 1. The van der Waals surface area contributed by atoms with Crippen LogP contribution in [0.3, 0.4) is 0 Å². The van der Waals surface area contributed by atoms with E-state index in [1.165, 1.54) is 12.8 Å². The van der Waals surface area contributed by atoms with Crippen molar-refractivity contribution in [3.8, 4) is 0 Å². The highest BCUT2D eigenvalue weighted by molar-refractivity contribution is 5.79. The summed E-state index contributed by atoms with van der Waals surface area (Å²) >= 11 is 0. The van der Waals surface area contributed by atoms with Crippen molar-refractivity contribution in [1.29, 1.82) is 0 Å². The quantitative estimate of drug-likeness (QED) is 0.607. The van der Waals surface area contributed by atoms with E-state index < -0.39 is 29.8 Å². The molecule has 0 radical (unpaired) electrons. The highest BCUT2D eigenvalue weighted by Crippen LogP contribution is 2.40. The summed E-state index contributed by atoms with van der Waals surface area (Å²) in [5.41, 5.74) is 4.84. The predicted octanol–water partition coefficient (Wildman–Crippen LogP) is 1.34. The molecule has 1 aromatic heterocycles. The van der Waals surface area contributed by atoms with Crippen LogP contribution in [0.2, 0.25) is 0 Å². The summed E-state index contributed by atoms with van der Waals surface area (Å²) < 4.78 is 39.8. The maximum Gasteiger partial charge on any atom is 0.490 e. The van der Waals surface area contributed by atoms with Gasteiger partial charge in [0.25, 0.3) is 0 Å². The average Bonchev–Trinajstić information content (AvgIpc) is 3.40. The number of rotatable bonds is 2. The lowest BCUT2D eigenvalue weighted by molar-refractivity contribution is -0.192. The number of urea groups is 1. The third-order valence-electron chi connectivity index (χ3n) is 5.95. The Labute approximate surface area is 181 Å². The topological polar surface area (TPSA) is 140 Å². The van der Waals surface area contributed by atoms with Gasteiger partial charge in [0.05, 0.1) is 6.54 Å². The molecule has 0 aromatic carbocycles. The van der Waals surface area contributed by atoms with E-state index in [2.05, 4.69) is 10.3 Å². The van der Waals surface area contributed by atoms with Gasteiger partial charge in [0.1, 0.15) is 11.4 Å². The van der Waals surface area contributed by atoms with Crippen molar-refractivity contribution in [3.63, 3.8) is 0 Å². The van der Waals surface area contributed by atoms with Crippen molar-refractivity contribution in [3.05, 3.63) is 18.2 Å². The molecular weight excluding hydrogens is 435 g/mol. The first-order valence-corrected chi connectivity index (χ1v) is 10.4. The van der Waals surface area contributed by atoms with Gasteiger partial charge in [-0.05, 0) is 12.8 Å². The number of fused-ring (bicyclic) bond motifs is 2. The lowest BCUT2D eigenvalue weighted by atomic mass is 9.88. The van der Waals surface area contributed by atoms with Gasteiger partial charge in [0.2, 0.25) is 5.91 Å². The molecule has 1 aromatic rings. The molecular formula is C19H26F3N5O5. The Bertz CT molecular complexity index is 845. The number of carboxylic acid groups (broad SMARTS) is 1. The normalized spacial score (nSPS) is 22.6. The van der Waals surface area contributed by atoms with Crippen molar-refractivity contribution in [2.24, 2.45) is 5.73 Å². The third kappa shape index (κ3) is 5.31. The average molecular weight is 461 g/mol. The number of carbonyl (C=O) groups excluding carboxylic acids is 2. The Kier molecular flexibility index (Phi) is 6.96. The minimum absolute atomic E-state index is 0.00681. The highest BCUT2D eigenvalue weighted by atomic mass is 19.4. The van der Waals surface area contributed by atoms with Gasteiger partial charge in [-0.1, -0.05) is 12.8 Å². The van der Waals surface area contributed by atoms with E-state index in [0.717, 1.165) is 18.7 Å². The molecule has 13 heteroatoms. The lowest BCUT2D eigenvalue weighted by Gasteiger charge is -2.45. The fourth-order valence-corrected chi connectivity index (χ4v) is 4.29. The molecule has 4 N–H and O–H groups in total. The van der Waals surface area contributed by atoms with Crippen LogP contribution >= 0.6 is 0 Å². The van der Waals surface area contributed by atoms with E-state index in [4.69, 9.17) is 20.4 Å². The Hall–Kier alpha value is -2.83. The number of likely N-dealkylation sites (tertiary alicyclic amines) is 1. The van der Waals surface area contributed by atoms with Gasteiger partial charge in [-0.3, -0.25) is 4.79 Å². The number of hydrogen-bond acceptors (Lipinski definition) is 5. The number of ether oxygens (including phenoxy) is 1. The van der Waals surface area contributed by atoms with Gasteiger partial charge in [-0.25, -0.2) is 14.6 Å². The predicted molar refractivity (Wildman–Crippen MR) is 103 cm³/mol. The third-order valence-corrected chi connectivity index (χ3v) is 5.95. The molecule has 1 saturated heterocycles. The largest absolute Gasteiger partial charge is 0.490 e. The van der Waals surface area contributed by atoms with Crippen LogP contribution in [0.4, 0.5) is 18.0 Å². The van der Waals surface area contributed by atoms with Crippen molar-refractivity contribution in [2.75, 3.05) is 13.1 Å². The van der Waals surface area contributed by atoms with Crippen molar-refractivity contribution < 1.29 is 37.4 Å². The molecule has 10 nitrogen and oxygen atoms in total. The molecule has 1 spiro atoms. The van der Waals surface area contributed by atoms with Gasteiger partial charge in [-0.15, -0.1) is 0 Å². The second-order valence-electron chi connectivity index (χ2n) is 8.13. The van der Waals surface area contributed by atoms with Crippen LogP contribution in [0.1, 0.15) is 44.3 Å². The van der Waals surface area contributed by atoms with Crippen LogP contribution in [0.5, 0.6) is 0 Å². The van der Waals surface area contributed by atoms with E-state index in [-0.39, 0.29) is 6.03 Å². The van der Waals surface area contributed by atoms with Gasteiger partial charge < -0.3 is 30.4 Å². The minimum atomic E-state index is -5.08. The first-order chi connectivity index (χ1) is 15.0. The van der Waals surface area contributed by atoms with Crippen LogP contribution in [0.25, 0.3) is 0 Å². The molecule has 32 heavy (non-hydrogen) atoms. The van der Waals surface area contributed by atoms with Crippen molar-refractivity contribution >= 4 is 17.9 Å². The fraction of sp³-hybridized carbons (Fsp3) is 0.684. The molecule has 2 aliphatic heterocycles. The summed E-state index contributed by atoms with van der Waals surface area (Å²) in [5.74, 6) is -2.38. The van der Waals surface area contributed by atoms with Gasteiger partial charge in [0.15, 0.2) is 6.10 Å². The summed E-state index contributed by atoms with van der Waals surface area (Å²) in [6.07, 6.45) is 3.61. The number of carboxylic acids is 1. The molecule has 1 aliphatic carbocycles. The van der Waals surface area contributed by atoms with Crippen LogP contribution in [-0.2, 0) is 26.5 Å². The Morgan fingerprint density at radius 3 is 2.34 bits per heavy atom. The van der Waals surface area contributed by atoms with Crippen LogP contribution < -0.4 is 11.1 Å². The number of imidazole rings is 1. The molecule has 178 valence electrons.